The fourth-order valence-corrected chi connectivity index (χ4v) is 9.93. The molecule has 1 amide bonds. The molecule has 0 aromatic rings. The van der Waals surface area contributed by atoms with E-state index in [2.05, 4.69) is 13.8 Å². The van der Waals surface area contributed by atoms with Crippen LogP contribution in [-0.4, -0.2) is 53.8 Å². The highest BCUT2D eigenvalue weighted by molar-refractivity contribution is 5.92. The molecule has 6 aliphatic rings. The molecule has 4 saturated carbocycles. The third-order valence-corrected chi connectivity index (χ3v) is 11.4. The Morgan fingerprint density at radius 3 is 2.49 bits per heavy atom. The fourth-order valence-electron chi connectivity index (χ4n) is 9.93. The van der Waals surface area contributed by atoms with Crippen LogP contribution in [0.1, 0.15) is 79.1 Å². The highest BCUT2D eigenvalue weighted by Gasteiger charge is 2.75. The van der Waals surface area contributed by atoms with Crippen molar-refractivity contribution in [2.24, 2.45) is 34.5 Å². The number of hydrogen-bond acceptors (Lipinski definition) is 6. The predicted molar refractivity (Wildman–Crippen MR) is 127 cm³/mol. The van der Waals surface area contributed by atoms with E-state index in [0.717, 1.165) is 50.5 Å². The Hall–Kier alpha value is -1.89. The maximum Gasteiger partial charge on any atom is 0.302 e. The van der Waals surface area contributed by atoms with E-state index in [1.807, 2.05) is 7.05 Å². The second-order valence-corrected chi connectivity index (χ2v) is 12.7. The van der Waals surface area contributed by atoms with Gasteiger partial charge in [-0.25, -0.2) is 0 Å². The van der Waals surface area contributed by atoms with Crippen LogP contribution < -0.4 is 0 Å². The van der Waals surface area contributed by atoms with Crippen LogP contribution in [-0.2, 0) is 28.6 Å². The molecule has 0 aromatic carbocycles. The number of ether oxygens (including phenoxy) is 3. The zero-order valence-electron chi connectivity index (χ0n) is 21.7. The summed E-state index contributed by atoms with van der Waals surface area (Å²) >= 11 is 0. The smallest absolute Gasteiger partial charge is 0.302 e. The Morgan fingerprint density at radius 2 is 1.77 bits per heavy atom. The topological polar surface area (TPSA) is 82.1 Å². The maximum atomic E-state index is 12.7. The second kappa shape index (κ2) is 7.56. The van der Waals surface area contributed by atoms with Crippen molar-refractivity contribution in [1.82, 2.24) is 4.90 Å². The first-order chi connectivity index (χ1) is 16.5. The van der Waals surface area contributed by atoms with Crippen LogP contribution in [0.25, 0.3) is 0 Å². The minimum atomic E-state index is -0.414. The van der Waals surface area contributed by atoms with Crippen LogP contribution in [0.5, 0.6) is 0 Å². The molecule has 0 radical (unpaired) electrons. The van der Waals surface area contributed by atoms with Crippen molar-refractivity contribution < 1.29 is 28.6 Å². The molecule has 7 heteroatoms. The number of likely N-dealkylation sites (N-methyl/N-ethyl adjacent to an activating group) is 1. The largest absolute Gasteiger partial charge is 0.463 e. The van der Waals surface area contributed by atoms with Gasteiger partial charge in [0.15, 0.2) is 6.23 Å². The van der Waals surface area contributed by atoms with Gasteiger partial charge < -0.3 is 19.1 Å². The van der Waals surface area contributed by atoms with Gasteiger partial charge in [-0.1, -0.05) is 13.8 Å². The summed E-state index contributed by atoms with van der Waals surface area (Å²) in [5.41, 5.74) is 0.601. The molecule has 1 saturated heterocycles. The summed E-state index contributed by atoms with van der Waals surface area (Å²) in [5, 5.41) is 0. The average molecular weight is 486 g/mol. The van der Waals surface area contributed by atoms with Gasteiger partial charge in [-0.15, -0.1) is 0 Å². The highest BCUT2D eigenvalue weighted by atomic mass is 16.6. The summed E-state index contributed by atoms with van der Waals surface area (Å²) in [6.07, 6.45) is 9.12. The number of nitrogens with zero attached hydrogens (tertiary/aromatic N) is 1. The van der Waals surface area contributed by atoms with Gasteiger partial charge in [0.25, 0.3) is 0 Å². The van der Waals surface area contributed by atoms with Crippen molar-refractivity contribution >= 4 is 17.8 Å². The molecule has 5 fully saturated rings. The third kappa shape index (κ3) is 3.02. The van der Waals surface area contributed by atoms with E-state index in [9.17, 15) is 14.4 Å². The SMILES string of the molecule is CC(=O)O[C@H]1CC[C@@]2(C)[C@H](CC[C@@H]3[C@@H]2CC[C@]2(C)[C@H]4C5=CC(=O)N(C)[C@H]5O[C@@]32C[C@@H]4OC(C)=O)C1. The number of hydrogen-bond donors (Lipinski definition) is 0. The molecule has 10 atom stereocenters. The first-order valence-corrected chi connectivity index (χ1v) is 13.5. The van der Waals surface area contributed by atoms with Crippen LogP contribution in [0.3, 0.4) is 0 Å². The van der Waals surface area contributed by atoms with Crippen LogP contribution in [0.15, 0.2) is 11.6 Å². The average Bonchev–Trinajstić information content (AvgIpc) is 3.12. The monoisotopic (exact) mass is 485 g/mol. The quantitative estimate of drug-likeness (QED) is 0.550. The summed E-state index contributed by atoms with van der Waals surface area (Å²) in [5.74, 6) is 0.975. The second-order valence-electron chi connectivity index (χ2n) is 12.7. The lowest BCUT2D eigenvalue weighted by atomic mass is 9.42. The van der Waals surface area contributed by atoms with Crippen molar-refractivity contribution in [3.8, 4) is 0 Å². The molecule has 35 heavy (non-hydrogen) atoms. The Bertz CT molecular complexity index is 1010. The maximum absolute atomic E-state index is 12.7. The molecule has 0 N–H and O–H groups in total. The highest BCUT2D eigenvalue weighted by Crippen LogP contribution is 2.74. The van der Waals surface area contributed by atoms with Gasteiger partial charge >= 0.3 is 11.9 Å². The van der Waals surface area contributed by atoms with E-state index in [1.54, 1.807) is 11.0 Å². The molecule has 0 spiro atoms. The lowest BCUT2D eigenvalue weighted by molar-refractivity contribution is -0.274. The van der Waals surface area contributed by atoms with Crippen molar-refractivity contribution in [2.75, 3.05) is 7.05 Å². The van der Waals surface area contributed by atoms with Crippen molar-refractivity contribution in [2.45, 2.75) is 103 Å². The molecule has 4 aliphatic carbocycles. The van der Waals surface area contributed by atoms with Crippen molar-refractivity contribution in [1.29, 1.82) is 0 Å². The van der Waals surface area contributed by atoms with E-state index in [1.165, 1.54) is 13.8 Å². The summed E-state index contributed by atoms with van der Waals surface area (Å²) < 4.78 is 18.7. The summed E-state index contributed by atoms with van der Waals surface area (Å²) in [6, 6.07) is 0. The Balaban J connectivity index is 1.37. The molecule has 0 aromatic heterocycles. The van der Waals surface area contributed by atoms with Crippen LogP contribution >= 0.6 is 0 Å². The lowest BCUT2D eigenvalue weighted by Gasteiger charge is -2.66. The molecular weight excluding hydrogens is 446 g/mol. The molecule has 7 nitrogen and oxygen atoms in total. The number of carbonyl (C=O) groups is 3. The Kier molecular flexibility index (Phi) is 5.08. The summed E-state index contributed by atoms with van der Waals surface area (Å²) in [4.78, 5) is 38.2. The molecule has 0 unspecified atom stereocenters. The molecule has 192 valence electrons. The van der Waals surface area contributed by atoms with E-state index >= 15 is 0 Å². The van der Waals surface area contributed by atoms with E-state index in [0.29, 0.717) is 24.2 Å². The Labute approximate surface area is 207 Å². The van der Waals surface area contributed by atoms with Gasteiger partial charge in [-0.3, -0.25) is 14.4 Å². The Morgan fingerprint density at radius 1 is 1.03 bits per heavy atom. The van der Waals surface area contributed by atoms with Gasteiger partial charge in [0, 0.05) is 44.7 Å². The minimum Gasteiger partial charge on any atom is -0.463 e. The van der Waals surface area contributed by atoms with Crippen molar-refractivity contribution in [3.63, 3.8) is 0 Å². The van der Waals surface area contributed by atoms with E-state index < -0.39 is 5.60 Å². The van der Waals surface area contributed by atoms with Gasteiger partial charge in [0.1, 0.15) is 12.2 Å². The number of rotatable bonds is 2. The molecular formula is C28H39NO6. The number of esters is 2. The minimum absolute atomic E-state index is 0.0187. The van der Waals surface area contributed by atoms with Gasteiger partial charge in [0.05, 0.1) is 5.60 Å². The van der Waals surface area contributed by atoms with E-state index in [-0.39, 0.29) is 53.0 Å². The summed E-state index contributed by atoms with van der Waals surface area (Å²) in [6.45, 7) is 7.80. The normalized spacial score (nSPS) is 49.9. The first-order valence-electron chi connectivity index (χ1n) is 13.5. The number of carbonyl (C=O) groups excluding carboxylic acids is 3. The molecule has 2 bridgehead atoms. The van der Waals surface area contributed by atoms with E-state index in [4.69, 9.17) is 14.2 Å². The number of fused-ring (bicyclic) bond motifs is 5. The molecule has 2 aliphatic heterocycles. The molecule has 6 rings (SSSR count). The van der Waals surface area contributed by atoms with Crippen LogP contribution in [0.2, 0.25) is 0 Å². The van der Waals surface area contributed by atoms with Crippen LogP contribution in [0, 0.1) is 34.5 Å². The van der Waals surface area contributed by atoms with Gasteiger partial charge in [-0.05, 0) is 73.7 Å². The van der Waals surface area contributed by atoms with Gasteiger partial charge in [0.2, 0.25) is 5.91 Å². The molecule has 2 heterocycles. The third-order valence-electron chi connectivity index (χ3n) is 11.4. The first kappa shape index (κ1) is 23.5. The van der Waals surface area contributed by atoms with Gasteiger partial charge in [-0.2, -0.15) is 0 Å². The standard InChI is InChI=1S/C28H39NO6/c1-15(30)33-18-8-10-26(3)17(12-18)6-7-21-20(26)9-11-27(4)24-19-13-23(32)29(5)25(19)35-28(21,27)14-22(24)34-16(2)31/h13,17-18,20-22,24-25H,6-12,14H2,1-5H3/t17-,18+,20+,21-,22+,24+,25+,26+,27-,28+/m1/s1. The zero-order chi connectivity index (χ0) is 24.9. The number of amides is 1. The van der Waals surface area contributed by atoms with Crippen LogP contribution in [0.4, 0.5) is 0 Å². The van der Waals surface area contributed by atoms with Crippen molar-refractivity contribution in [3.05, 3.63) is 11.6 Å². The summed E-state index contributed by atoms with van der Waals surface area (Å²) in [7, 11) is 1.82. The zero-order valence-corrected chi connectivity index (χ0v) is 21.7. The lowest BCUT2D eigenvalue weighted by Crippen LogP contribution is -2.67. The fraction of sp³-hybridized carbons (Fsp3) is 0.821. The predicted octanol–water partition coefficient (Wildman–Crippen LogP) is 4.00.